The molecular formula is C23H23F3N2O2S. The molecule has 4 rings (SSSR count). The lowest BCUT2D eigenvalue weighted by molar-refractivity contribution is -0.137. The highest BCUT2D eigenvalue weighted by Gasteiger charge is 2.35. The van der Waals surface area contributed by atoms with Crippen LogP contribution >= 0.6 is 11.8 Å². The number of halogens is 3. The lowest BCUT2D eigenvalue weighted by Crippen LogP contribution is -2.28. The number of carbonyl (C=O) groups is 2. The van der Waals surface area contributed by atoms with Crippen LogP contribution in [-0.2, 0) is 15.8 Å². The molecule has 8 heteroatoms. The zero-order chi connectivity index (χ0) is 22.0. The third kappa shape index (κ3) is 4.89. The van der Waals surface area contributed by atoms with E-state index in [9.17, 15) is 22.8 Å². The van der Waals surface area contributed by atoms with Crippen LogP contribution in [0.2, 0.25) is 0 Å². The Bertz CT molecular complexity index is 956. The summed E-state index contributed by atoms with van der Waals surface area (Å²) >= 11 is 1.41. The van der Waals surface area contributed by atoms with Crippen molar-refractivity contribution in [1.82, 2.24) is 0 Å². The van der Waals surface area contributed by atoms with Gasteiger partial charge in [0.15, 0.2) is 0 Å². The van der Waals surface area contributed by atoms with Gasteiger partial charge in [0.05, 0.1) is 11.3 Å². The third-order valence-electron chi connectivity index (χ3n) is 5.76. The van der Waals surface area contributed by atoms with E-state index < -0.39 is 11.7 Å². The second-order valence-electron chi connectivity index (χ2n) is 7.92. The molecule has 1 atom stereocenters. The predicted molar refractivity (Wildman–Crippen MR) is 116 cm³/mol. The van der Waals surface area contributed by atoms with Crippen molar-refractivity contribution in [2.75, 3.05) is 16.0 Å². The average molecular weight is 449 g/mol. The molecule has 0 aromatic heterocycles. The van der Waals surface area contributed by atoms with Gasteiger partial charge in [-0.05, 0) is 54.8 Å². The topological polar surface area (TPSA) is 49.4 Å². The Morgan fingerprint density at radius 3 is 2.42 bits per heavy atom. The maximum atomic E-state index is 12.9. The van der Waals surface area contributed by atoms with E-state index >= 15 is 0 Å². The van der Waals surface area contributed by atoms with E-state index in [4.69, 9.17) is 0 Å². The van der Waals surface area contributed by atoms with Gasteiger partial charge in [0, 0.05) is 17.3 Å². The molecule has 1 saturated heterocycles. The van der Waals surface area contributed by atoms with E-state index in [0.29, 0.717) is 11.4 Å². The molecule has 0 bridgehead atoms. The summed E-state index contributed by atoms with van der Waals surface area (Å²) in [5, 5.41) is 2.62. The SMILES string of the molecule is O=C(Nc1cccc([C@H]2SCC(=O)N2c2ccc(C(F)(F)F)cc2)c1)C1CCCCC1. The number of hydrogen-bond acceptors (Lipinski definition) is 3. The number of benzene rings is 2. The predicted octanol–water partition coefficient (Wildman–Crippen LogP) is 6.00. The molecule has 4 nitrogen and oxygen atoms in total. The maximum Gasteiger partial charge on any atom is 0.416 e. The van der Waals surface area contributed by atoms with Gasteiger partial charge < -0.3 is 5.32 Å². The molecule has 2 aromatic carbocycles. The second kappa shape index (κ2) is 8.94. The van der Waals surface area contributed by atoms with Crippen LogP contribution in [0.1, 0.15) is 48.6 Å². The smallest absolute Gasteiger partial charge is 0.326 e. The van der Waals surface area contributed by atoms with Crippen molar-refractivity contribution in [3.05, 3.63) is 59.7 Å². The van der Waals surface area contributed by atoms with Gasteiger partial charge in [0.1, 0.15) is 5.37 Å². The Morgan fingerprint density at radius 2 is 1.74 bits per heavy atom. The van der Waals surface area contributed by atoms with E-state index in [0.717, 1.165) is 43.4 Å². The molecule has 0 unspecified atom stereocenters. The number of hydrogen-bond donors (Lipinski definition) is 1. The summed E-state index contributed by atoms with van der Waals surface area (Å²) in [4.78, 5) is 26.6. The van der Waals surface area contributed by atoms with Crippen LogP contribution in [0, 0.1) is 5.92 Å². The number of carbonyl (C=O) groups excluding carboxylic acids is 2. The zero-order valence-electron chi connectivity index (χ0n) is 16.8. The lowest BCUT2D eigenvalue weighted by Gasteiger charge is -2.25. The minimum Gasteiger partial charge on any atom is -0.326 e. The number of anilines is 2. The molecule has 1 aliphatic heterocycles. The van der Waals surface area contributed by atoms with Gasteiger partial charge in [0.25, 0.3) is 0 Å². The number of nitrogens with zero attached hydrogens (tertiary/aromatic N) is 1. The molecule has 164 valence electrons. The van der Waals surface area contributed by atoms with Crippen molar-refractivity contribution in [3.63, 3.8) is 0 Å². The van der Waals surface area contributed by atoms with Crippen molar-refractivity contribution in [2.45, 2.75) is 43.7 Å². The summed E-state index contributed by atoms with van der Waals surface area (Å²) in [5.74, 6) is 0.131. The number of amides is 2. The second-order valence-corrected chi connectivity index (χ2v) is 8.99. The molecule has 0 spiro atoms. The minimum absolute atomic E-state index is 0.0200. The van der Waals surface area contributed by atoms with Gasteiger partial charge in [-0.3, -0.25) is 14.5 Å². The molecule has 2 amide bonds. The largest absolute Gasteiger partial charge is 0.416 e. The molecule has 31 heavy (non-hydrogen) atoms. The Balaban J connectivity index is 1.53. The van der Waals surface area contributed by atoms with Gasteiger partial charge in [-0.2, -0.15) is 13.2 Å². The average Bonchev–Trinajstić information content (AvgIpc) is 3.15. The Hall–Kier alpha value is -2.48. The number of rotatable bonds is 4. The monoisotopic (exact) mass is 448 g/mol. The van der Waals surface area contributed by atoms with Crippen LogP contribution in [0.5, 0.6) is 0 Å². The van der Waals surface area contributed by atoms with Crippen LogP contribution in [0.4, 0.5) is 24.5 Å². The number of alkyl halides is 3. The van der Waals surface area contributed by atoms with E-state index in [2.05, 4.69) is 5.32 Å². The normalized spacial score (nSPS) is 20.2. The van der Waals surface area contributed by atoms with E-state index in [-0.39, 0.29) is 28.9 Å². The van der Waals surface area contributed by atoms with Gasteiger partial charge in [-0.25, -0.2) is 0 Å². The highest BCUT2D eigenvalue weighted by atomic mass is 32.2. The van der Waals surface area contributed by atoms with Gasteiger partial charge in [0.2, 0.25) is 11.8 Å². The Labute approximate surface area is 183 Å². The third-order valence-corrected chi connectivity index (χ3v) is 6.97. The molecule has 1 N–H and O–H groups in total. The highest BCUT2D eigenvalue weighted by Crippen LogP contribution is 2.43. The first-order valence-electron chi connectivity index (χ1n) is 10.3. The molecule has 1 heterocycles. The summed E-state index contributed by atoms with van der Waals surface area (Å²) in [6.07, 6.45) is 0.695. The lowest BCUT2D eigenvalue weighted by atomic mass is 9.88. The molecular weight excluding hydrogens is 425 g/mol. The van der Waals surface area contributed by atoms with Crippen molar-refractivity contribution >= 4 is 35.0 Å². The Kier molecular flexibility index (Phi) is 6.27. The number of nitrogens with one attached hydrogen (secondary N) is 1. The maximum absolute atomic E-state index is 12.9. The molecule has 2 fully saturated rings. The van der Waals surface area contributed by atoms with E-state index in [1.165, 1.54) is 35.2 Å². The van der Waals surface area contributed by atoms with Gasteiger partial charge in [-0.1, -0.05) is 31.4 Å². The summed E-state index contributed by atoms with van der Waals surface area (Å²) in [5.41, 5.74) is 1.15. The van der Waals surface area contributed by atoms with Crippen molar-refractivity contribution < 1.29 is 22.8 Å². The fourth-order valence-electron chi connectivity index (χ4n) is 4.14. The van der Waals surface area contributed by atoms with Crippen molar-refractivity contribution in [3.8, 4) is 0 Å². The van der Waals surface area contributed by atoms with Crippen molar-refractivity contribution in [2.24, 2.45) is 5.92 Å². The first kappa shape index (κ1) is 21.7. The fraction of sp³-hybridized carbons (Fsp3) is 0.391. The van der Waals surface area contributed by atoms with Crippen LogP contribution in [0.3, 0.4) is 0 Å². The molecule has 1 saturated carbocycles. The van der Waals surface area contributed by atoms with Crippen LogP contribution in [-0.4, -0.2) is 17.6 Å². The first-order valence-corrected chi connectivity index (χ1v) is 11.4. The Morgan fingerprint density at radius 1 is 1.03 bits per heavy atom. The van der Waals surface area contributed by atoms with Gasteiger partial charge >= 0.3 is 6.18 Å². The summed E-state index contributed by atoms with van der Waals surface area (Å²) in [6, 6.07) is 12.0. The molecule has 2 aromatic rings. The zero-order valence-corrected chi connectivity index (χ0v) is 17.6. The van der Waals surface area contributed by atoms with Crippen LogP contribution in [0.25, 0.3) is 0 Å². The van der Waals surface area contributed by atoms with E-state index in [1.807, 2.05) is 24.3 Å². The fourth-order valence-corrected chi connectivity index (χ4v) is 5.31. The molecule has 0 radical (unpaired) electrons. The number of thioether (sulfide) groups is 1. The highest BCUT2D eigenvalue weighted by molar-refractivity contribution is 8.00. The van der Waals surface area contributed by atoms with E-state index in [1.54, 1.807) is 0 Å². The van der Waals surface area contributed by atoms with Crippen LogP contribution in [0.15, 0.2) is 48.5 Å². The van der Waals surface area contributed by atoms with Crippen LogP contribution < -0.4 is 10.2 Å². The summed E-state index contributed by atoms with van der Waals surface area (Å²) in [6.45, 7) is 0. The molecule has 2 aliphatic rings. The first-order chi connectivity index (χ1) is 14.8. The summed E-state index contributed by atoms with van der Waals surface area (Å²) in [7, 11) is 0. The quantitative estimate of drug-likeness (QED) is 0.624. The standard InChI is InChI=1S/C23H23F3N2O2S/c24-23(25,26)17-9-11-19(12-10-17)28-20(29)14-31-22(28)16-7-4-8-18(13-16)27-21(30)15-5-2-1-3-6-15/h4,7-13,15,22H,1-3,5-6,14H2,(H,27,30)/t22-/m1/s1. The van der Waals surface area contributed by atoms with Crippen molar-refractivity contribution in [1.29, 1.82) is 0 Å². The minimum atomic E-state index is -4.42. The van der Waals surface area contributed by atoms with Gasteiger partial charge in [-0.15, -0.1) is 11.8 Å². The summed E-state index contributed by atoms with van der Waals surface area (Å²) < 4.78 is 38.6. The molecule has 1 aliphatic carbocycles.